The van der Waals surface area contributed by atoms with Gasteiger partial charge in [-0.25, -0.2) is 0 Å². The van der Waals surface area contributed by atoms with Crippen LogP contribution in [0.2, 0.25) is 0 Å². The van der Waals surface area contributed by atoms with Crippen molar-refractivity contribution in [3.63, 3.8) is 0 Å². The number of carbonyl (C=O) groups excluding carboxylic acids is 1. The molecule has 3 N–H and O–H groups in total. The fourth-order valence-electron chi connectivity index (χ4n) is 4.15. The van der Waals surface area contributed by atoms with Crippen LogP contribution in [0.4, 0.5) is 0 Å². The highest BCUT2D eigenvalue weighted by Gasteiger charge is 2.46. The quantitative estimate of drug-likeness (QED) is 0.820. The Morgan fingerprint density at radius 3 is 2.62 bits per heavy atom. The fourth-order valence-corrected chi connectivity index (χ4v) is 4.15. The van der Waals surface area contributed by atoms with Gasteiger partial charge in [-0.1, -0.05) is 33.6 Å². The molecule has 122 valence electrons. The van der Waals surface area contributed by atoms with Gasteiger partial charge < -0.3 is 15.7 Å². The molecule has 0 aromatic rings. The Morgan fingerprint density at radius 2 is 1.95 bits per heavy atom. The van der Waals surface area contributed by atoms with E-state index in [1.54, 1.807) is 0 Å². The minimum Gasteiger partial charge on any atom is -0.394 e. The normalized spacial score (nSPS) is 37.1. The molecule has 2 aliphatic rings. The van der Waals surface area contributed by atoms with Crippen molar-refractivity contribution in [2.45, 2.75) is 71.4 Å². The van der Waals surface area contributed by atoms with E-state index in [9.17, 15) is 9.90 Å². The van der Waals surface area contributed by atoms with Crippen molar-refractivity contribution in [2.75, 3.05) is 13.2 Å². The summed E-state index contributed by atoms with van der Waals surface area (Å²) in [5.41, 5.74) is 6.14. The van der Waals surface area contributed by atoms with Gasteiger partial charge in [0.15, 0.2) is 0 Å². The molecule has 0 aromatic heterocycles. The van der Waals surface area contributed by atoms with Gasteiger partial charge in [-0.3, -0.25) is 4.79 Å². The molecule has 2 fully saturated rings. The van der Waals surface area contributed by atoms with Crippen LogP contribution in [0.15, 0.2) is 0 Å². The summed E-state index contributed by atoms with van der Waals surface area (Å²) in [7, 11) is 0. The van der Waals surface area contributed by atoms with Gasteiger partial charge in [0.2, 0.25) is 5.91 Å². The van der Waals surface area contributed by atoms with Crippen molar-refractivity contribution in [1.82, 2.24) is 4.90 Å². The van der Waals surface area contributed by atoms with Crippen molar-refractivity contribution in [1.29, 1.82) is 0 Å². The zero-order valence-corrected chi connectivity index (χ0v) is 13.8. The standard InChI is InChI=1S/C17H32N2O2/c1-12-15(18)9-8-14(17(12,2)3)16(21)19-10-6-4-5-7-13(19)11-20/h12-15,20H,4-11,18H2,1-3H3. The summed E-state index contributed by atoms with van der Waals surface area (Å²) in [6.45, 7) is 7.44. The summed E-state index contributed by atoms with van der Waals surface area (Å²) in [5, 5.41) is 9.64. The second-order valence-corrected chi connectivity index (χ2v) is 7.62. The molecular formula is C17H32N2O2. The molecule has 1 aliphatic heterocycles. The van der Waals surface area contributed by atoms with Crippen LogP contribution in [0.3, 0.4) is 0 Å². The van der Waals surface area contributed by atoms with Crippen molar-refractivity contribution in [3.05, 3.63) is 0 Å². The number of aliphatic hydroxyl groups is 1. The molecule has 1 saturated carbocycles. The van der Waals surface area contributed by atoms with Gasteiger partial charge in [0.25, 0.3) is 0 Å². The Labute approximate surface area is 129 Å². The molecule has 1 aliphatic carbocycles. The monoisotopic (exact) mass is 296 g/mol. The third-order valence-corrected chi connectivity index (χ3v) is 6.17. The minimum absolute atomic E-state index is 0.0155. The number of aliphatic hydroxyl groups excluding tert-OH is 1. The lowest BCUT2D eigenvalue weighted by Crippen LogP contribution is -2.54. The van der Waals surface area contributed by atoms with Gasteiger partial charge in [-0.05, 0) is 37.0 Å². The van der Waals surface area contributed by atoms with Crippen molar-refractivity contribution in [3.8, 4) is 0 Å². The van der Waals surface area contributed by atoms with E-state index in [1.165, 1.54) is 0 Å². The summed E-state index contributed by atoms with van der Waals surface area (Å²) < 4.78 is 0. The average Bonchev–Trinajstić information content (AvgIpc) is 2.69. The summed E-state index contributed by atoms with van der Waals surface area (Å²) in [5.74, 6) is 0.638. The molecule has 4 atom stereocenters. The number of nitrogens with zero attached hydrogens (tertiary/aromatic N) is 1. The largest absolute Gasteiger partial charge is 0.394 e. The van der Waals surface area contributed by atoms with Crippen molar-refractivity contribution in [2.24, 2.45) is 23.0 Å². The predicted molar refractivity (Wildman–Crippen MR) is 84.7 cm³/mol. The van der Waals surface area contributed by atoms with E-state index in [0.717, 1.165) is 45.1 Å². The molecule has 1 saturated heterocycles. The van der Waals surface area contributed by atoms with Gasteiger partial charge in [-0.2, -0.15) is 0 Å². The van der Waals surface area contributed by atoms with Gasteiger partial charge in [-0.15, -0.1) is 0 Å². The number of hydrogen-bond acceptors (Lipinski definition) is 3. The maximum Gasteiger partial charge on any atom is 0.226 e. The highest BCUT2D eigenvalue weighted by molar-refractivity contribution is 5.80. The molecule has 0 aromatic carbocycles. The lowest BCUT2D eigenvalue weighted by molar-refractivity contribution is -0.146. The van der Waals surface area contributed by atoms with Crippen LogP contribution < -0.4 is 5.73 Å². The van der Waals surface area contributed by atoms with Crippen LogP contribution >= 0.6 is 0 Å². The Bertz CT molecular complexity index is 370. The van der Waals surface area contributed by atoms with E-state index in [4.69, 9.17) is 5.73 Å². The molecule has 4 heteroatoms. The number of carbonyl (C=O) groups is 1. The van der Waals surface area contributed by atoms with E-state index >= 15 is 0 Å². The molecule has 2 rings (SSSR count). The number of hydrogen-bond donors (Lipinski definition) is 2. The highest BCUT2D eigenvalue weighted by atomic mass is 16.3. The maximum atomic E-state index is 13.1. The summed E-state index contributed by atoms with van der Waals surface area (Å²) in [4.78, 5) is 15.1. The van der Waals surface area contributed by atoms with Crippen LogP contribution in [0.1, 0.15) is 59.3 Å². The summed E-state index contributed by atoms with van der Waals surface area (Å²) in [6.07, 6.45) is 6.08. The first-order chi connectivity index (χ1) is 9.89. The average molecular weight is 296 g/mol. The topological polar surface area (TPSA) is 66.6 Å². The van der Waals surface area contributed by atoms with Crippen LogP contribution in [0.5, 0.6) is 0 Å². The Kier molecular flexibility index (Phi) is 5.31. The number of amides is 1. The van der Waals surface area contributed by atoms with Crippen molar-refractivity contribution < 1.29 is 9.90 Å². The van der Waals surface area contributed by atoms with Crippen LogP contribution in [0.25, 0.3) is 0 Å². The van der Waals surface area contributed by atoms with Crippen LogP contribution in [-0.2, 0) is 4.79 Å². The molecular weight excluding hydrogens is 264 g/mol. The van der Waals surface area contributed by atoms with Gasteiger partial charge in [0.05, 0.1) is 12.6 Å². The third-order valence-electron chi connectivity index (χ3n) is 6.17. The SMILES string of the molecule is CC1C(N)CCC(C(=O)N2CCCCCC2CO)C1(C)C. The smallest absolute Gasteiger partial charge is 0.226 e. The molecule has 1 heterocycles. The number of rotatable bonds is 2. The van der Waals surface area contributed by atoms with E-state index < -0.39 is 0 Å². The predicted octanol–water partition coefficient (Wildman–Crippen LogP) is 2.15. The lowest BCUT2D eigenvalue weighted by Gasteiger charge is -2.48. The van der Waals surface area contributed by atoms with Gasteiger partial charge >= 0.3 is 0 Å². The first-order valence-electron chi connectivity index (χ1n) is 8.56. The number of likely N-dealkylation sites (tertiary alicyclic amines) is 1. The number of nitrogens with two attached hydrogens (primary N) is 1. The molecule has 0 spiro atoms. The minimum atomic E-state index is -0.0684. The zero-order valence-electron chi connectivity index (χ0n) is 13.8. The van der Waals surface area contributed by atoms with Crippen LogP contribution in [-0.4, -0.2) is 41.1 Å². The van der Waals surface area contributed by atoms with Crippen molar-refractivity contribution >= 4 is 5.91 Å². The van der Waals surface area contributed by atoms with E-state index in [1.807, 2.05) is 4.90 Å². The summed E-state index contributed by atoms with van der Waals surface area (Å²) >= 11 is 0. The Hall–Kier alpha value is -0.610. The third kappa shape index (κ3) is 3.26. The first kappa shape index (κ1) is 16.8. The van der Waals surface area contributed by atoms with E-state index in [2.05, 4.69) is 20.8 Å². The maximum absolute atomic E-state index is 13.1. The zero-order chi connectivity index (χ0) is 15.6. The van der Waals surface area contributed by atoms with E-state index in [-0.39, 0.29) is 35.9 Å². The lowest BCUT2D eigenvalue weighted by atomic mass is 9.60. The first-order valence-corrected chi connectivity index (χ1v) is 8.56. The van der Waals surface area contributed by atoms with Crippen LogP contribution in [0, 0.1) is 17.3 Å². The Balaban J connectivity index is 2.17. The Morgan fingerprint density at radius 1 is 1.24 bits per heavy atom. The summed E-state index contributed by atoms with van der Waals surface area (Å²) in [6, 6.07) is 0.212. The second kappa shape index (κ2) is 6.66. The molecule has 1 amide bonds. The van der Waals surface area contributed by atoms with Gasteiger partial charge in [0.1, 0.15) is 0 Å². The highest BCUT2D eigenvalue weighted by Crippen LogP contribution is 2.45. The van der Waals surface area contributed by atoms with Gasteiger partial charge in [0, 0.05) is 18.5 Å². The fraction of sp³-hybridized carbons (Fsp3) is 0.941. The molecule has 4 nitrogen and oxygen atoms in total. The van der Waals surface area contributed by atoms with E-state index in [0.29, 0.717) is 5.92 Å². The molecule has 4 unspecified atom stereocenters. The molecule has 0 bridgehead atoms. The molecule has 21 heavy (non-hydrogen) atoms. The molecule has 0 radical (unpaired) electrons. The second-order valence-electron chi connectivity index (χ2n) is 7.62.